The molecule has 1 aliphatic heterocycles. The first-order chi connectivity index (χ1) is 10.3. The molecule has 22 heavy (non-hydrogen) atoms. The summed E-state index contributed by atoms with van der Waals surface area (Å²) in [7, 11) is 0. The van der Waals surface area contributed by atoms with Gasteiger partial charge < -0.3 is 14.8 Å². The predicted molar refractivity (Wildman–Crippen MR) is 88.6 cm³/mol. The molecule has 1 fully saturated rings. The predicted octanol–water partition coefficient (Wildman–Crippen LogP) is 3.13. The van der Waals surface area contributed by atoms with Crippen LogP contribution in [0.15, 0.2) is 11.4 Å². The van der Waals surface area contributed by atoms with Gasteiger partial charge in [0, 0.05) is 29.9 Å². The number of nitrogens with one attached hydrogen (secondary N) is 1. The second-order valence-corrected chi connectivity index (χ2v) is 7.70. The molecule has 1 unspecified atom stereocenters. The Hall–Kier alpha value is -0.820. The average Bonchev–Trinajstić information content (AvgIpc) is 2.83. The highest BCUT2D eigenvalue weighted by molar-refractivity contribution is 7.10. The summed E-state index contributed by atoms with van der Waals surface area (Å²) >= 11 is 7.53. The zero-order valence-corrected chi connectivity index (χ0v) is 14.8. The number of thiophene rings is 1. The molecule has 0 aliphatic carbocycles. The Balaban J connectivity index is 1.85. The first-order valence-electron chi connectivity index (χ1n) is 7.36. The molecule has 1 atom stereocenters. The molecule has 0 aromatic carbocycles. The molecule has 0 bridgehead atoms. The van der Waals surface area contributed by atoms with E-state index in [0.29, 0.717) is 26.3 Å². The number of morpholine rings is 1. The highest BCUT2D eigenvalue weighted by atomic mass is 35.5. The van der Waals surface area contributed by atoms with E-state index in [9.17, 15) is 4.79 Å². The van der Waals surface area contributed by atoms with E-state index in [4.69, 9.17) is 21.1 Å². The minimum atomic E-state index is -0.485. The van der Waals surface area contributed by atoms with E-state index in [1.807, 2.05) is 32.2 Å². The van der Waals surface area contributed by atoms with E-state index < -0.39 is 5.60 Å². The fourth-order valence-electron chi connectivity index (χ4n) is 2.19. The molecule has 1 aromatic heterocycles. The van der Waals surface area contributed by atoms with Gasteiger partial charge in [0.15, 0.2) is 0 Å². The van der Waals surface area contributed by atoms with E-state index in [1.54, 1.807) is 16.2 Å². The smallest absolute Gasteiger partial charge is 0.410 e. The van der Waals surface area contributed by atoms with Gasteiger partial charge in [-0.15, -0.1) is 11.3 Å². The molecule has 7 heteroatoms. The van der Waals surface area contributed by atoms with Crippen molar-refractivity contribution < 1.29 is 14.3 Å². The van der Waals surface area contributed by atoms with Crippen LogP contribution in [0.5, 0.6) is 0 Å². The van der Waals surface area contributed by atoms with Gasteiger partial charge in [-0.2, -0.15) is 0 Å². The minimum Gasteiger partial charge on any atom is -0.444 e. The van der Waals surface area contributed by atoms with Gasteiger partial charge in [-0.3, -0.25) is 4.90 Å². The van der Waals surface area contributed by atoms with Crippen molar-refractivity contribution in [3.8, 4) is 0 Å². The number of amides is 1. The zero-order valence-electron chi connectivity index (χ0n) is 13.2. The van der Waals surface area contributed by atoms with E-state index in [2.05, 4.69) is 5.32 Å². The number of carbonyl (C=O) groups excluding carboxylic acids is 1. The zero-order chi connectivity index (χ0) is 16.2. The third kappa shape index (κ3) is 5.43. The summed E-state index contributed by atoms with van der Waals surface area (Å²) in [6.45, 7) is 8.65. The fourth-order valence-corrected chi connectivity index (χ4v) is 3.24. The quantitative estimate of drug-likeness (QED) is 0.910. The van der Waals surface area contributed by atoms with Crippen molar-refractivity contribution in [3.05, 3.63) is 21.3 Å². The topological polar surface area (TPSA) is 50.8 Å². The third-order valence-electron chi connectivity index (χ3n) is 3.16. The van der Waals surface area contributed by atoms with Crippen molar-refractivity contribution in [3.63, 3.8) is 0 Å². The summed E-state index contributed by atoms with van der Waals surface area (Å²) in [5.41, 5.74) is -0.485. The Morgan fingerprint density at radius 1 is 1.59 bits per heavy atom. The maximum Gasteiger partial charge on any atom is 0.410 e. The first-order valence-corrected chi connectivity index (χ1v) is 8.62. The molecule has 1 saturated heterocycles. The number of rotatable bonds is 4. The van der Waals surface area contributed by atoms with Crippen molar-refractivity contribution in [1.82, 2.24) is 10.2 Å². The lowest BCUT2D eigenvalue weighted by Crippen LogP contribution is -2.53. The number of nitrogens with zero attached hydrogens (tertiary/aromatic N) is 1. The maximum absolute atomic E-state index is 12.3. The lowest BCUT2D eigenvalue weighted by Gasteiger charge is -2.36. The van der Waals surface area contributed by atoms with Crippen LogP contribution in [0.4, 0.5) is 4.79 Å². The van der Waals surface area contributed by atoms with Crippen LogP contribution in [0.3, 0.4) is 0 Å². The fraction of sp³-hybridized carbons (Fsp3) is 0.667. The summed E-state index contributed by atoms with van der Waals surface area (Å²) in [5, 5.41) is 6.03. The Kier molecular flexibility index (Phi) is 6.09. The van der Waals surface area contributed by atoms with Crippen LogP contribution in [-0.4, -0.2) is 48.9 Å². The van der Waals surface area contributed by atoms with Gasteiger partial charge in [0.25, 0.3) is 0 Å². The van der Waals surface area contributed by atoms with Crippen LogP contribution >= 0.6 is 22.9 Å². The van der Waals surface area contributed by atoms with Gasteiger partial charge in [-0.25, -0.2) is 4.79 Å². The molecular weight excluding hydrogens is 324 g/mol. The van der Waals surface area contributed by atoms with Crippen LogP contribution in [0, 0.1) is 0 Å². The molecule has 0 radical (unpaired) electrons. The molecule has 1 aromatic rings. The third-order valence-corrected chi connectivity index (χ3v) is 4.44. The monoisotopic (exact) mass is 346 g/mol. The summed E-state index contributed by atoms with van der Waals surface area (Å²) in [4.78, 5) is 15.2. The van der Waals surface area contributed by atoms with Gasteiger partial charge in [0.1, 0.15) is 5.60 Å². The largest absolute Gasteiger partial charge is 0.444 e. The van der Waals surface area contributed by atoms with E-state index >= 15 is 0 Å². The summed E-state index contributed by atoms with van der Waals surface area (Å²) in [6, 6.07) is 1.93. The lowest BCUT2D eigenvalue weighted by molar-refractivity contribution is -0.0317. The highest BCUT2D eigenvalue weighted by Crippen LogP contribution is 2.19. The molecule has 124 valence electrons. The van der Waals surface area contributed by atoms with Crippen LogP contribution in [0.1, 0.15) is 25.6 Å². The number of hydrogen-bond donors (Lipinski definition) is 1. The molecular formula is C15H23ClN2O3S. The second kappa shape index (κ2) is 7.64. The van der Waals surface area contributed by atoms with E-state index in [0.717, 1.165) is 11.6 Å². The molecule has 2 heterocycles. The van der Waals surface area contributed by atoms with Crippen molar-refractivity contribution in [2.45, 2.75) is 39.0 Å². The van der Waals surface area contributed by atoms with Gasteiger partial charge in [-0.05, 0) is 26.8 Å². The van der Waals surface area contributed by atoms with Crippen LogP contribution in [0.25, 0.3) is 0 Å². The maximum atomic E-state index is 12.3. The summed E-state index contributed by atoms with van der Waals surface area (Å²) < 4.78 is 11.0. The number of halogens is 1. The molecule has 1 amide bonds. The van der Waals surface area contributed by atoms with Crippen LogP contribution < -0.4 is 5.32 Å². The molecule has 1 N–H and O–H groups in total. The normalized spacial score (nSPS) is 19.3. The van der Waals surface area contributed by atoms with E-state index in [-0.39, 0.29) is 12.1 Å². The van der Waals surface area contributed by atoms with Crippen molar-refractivity contribution in [1.29, 1.82) is 0 Å². The average molecular weight is 347 g/mol. The Morgan fingerprint density at radius 2 is 2.36 bits per heavy atom. The van der Waals surface area contributed by atoms with Crippen molar-refractivity contribution in [2.24, 2.45) is 0 Å². The SMILES string of the molecule is CC(C)(C)OC(=O)N1CCOCC1CNCc1cc(Cl)cs1. The molecule has 1 aliphatic rings. The van der Waals surface area contributed by atoms with Crippen LogP contribution in [-0.2, 0) is 16.0 Å². The standard InChI is InChI=1S/C15H23ClN2O3S/c1-15(2,3)21-14(19)18-4-5-20-9-12(18)7-17-8-13-6-11(16)10-22-13/h6,10,12,17H,4-5,7-9H2,1-3H3. The molecule has 5 nitrogen and oxygen atoms in total. The Morgan fingerprint density at radius 3 is 3.00 bits per heavy atom. The number of ether oxygens (including phenoxy) is 2. The highest BCUT2D eigenvalue weighted by Gasteiger charge is 2.30. The van der Waals surface area contributed by atoms with Crippen molar-refractivity contribution in [2.75, 3.05) is 26.3 Å². The van der Waals surface area contributed by atoms with Gasteiger partial charge in [0.2, 0.25) is 0 Å². The lowest BCUT2D eigenvalue weighted by atomic mass is 10.2. The van der Waals surface area contributed by atoms with Crippen molar-refractivity contribution >= 4 is 29.0 Å². The number of carbonyl (C=O) groups is 1. The Bertz CT molecular complexity index is 501. The second-order valence-electron chi connectivity index (χ2n) is 6.26. The van der Waals surface area contributed by atoms with Gasteiger partial charge in [0.05, 0.1) is 24.3 Å². The molecule has 2 rings (SSSR count). The Labute approximate surface area is 140 Å². The van der Waals surface area contributed by atoms with Gasteiger partial charge in [-0.1, -0.05) is 11.6 Å². The minimum absolute atomic E-state index is 0.0148. The van der Waals surface area contributed by atoms with Crippen LogP contribution in [0.2, 0.25) is 5.02 Å². The summed E-state index contributed by atoms with van der Waals surface area (Å²) in [5.74, 6) is 0. The summed E-state index contributed by atoms with van der Waals surface area (Å²) in [6.07, 6.45) is -0.276. The van der Waals surface area contributed by atoms with Gasteiger partial charge >= 0.3 is 6.09 Å². The van der Waals surface area contributed by atoms with E-state index in [1.165, 1.54) is 4.88 Å². The molecule has 0 saturated carbocycles. The first kappa shape index (κ1) is 17.5. The number of hydrogen-bond acceptors (Lipinski definition) is 5. The molecule has 0 spiro atoms.